The van der Waals surface area contributed by atoms with E-state index in [2.05, 4.69) is 9.36 Å². The molecule has 0 amide bonds. The lowest BCUT2D eigenvalue weighted by Crippen LogP contribution is -1.97. The minimum Gasteiger partial charge on any atom is -0.464 e. The van der Waals surface area contributed by atoms with Crippen LogP contribution in [0.15, 0.2) is 17.3 Å². The molecule has 18 heavy (non-hydrogen) atoms. The SMILES string of the molecule is CSc1nsc(OCc2c(Cl)cc(Cl)cc2Cl)n1. The molecule has 0 radical (unpaired) electrons. The Morgan fingerprint density at radius 1 is 1.28 bits per heavy atom. The number of nitrogens with zero attached hydrogens (tertiary/aromatic N) is 2. The van der Waals surface area contributed by atoms with Gasteiger partial charge in [0.05, 0.1) is 10.0 Å². The molecule has 0 aliphatic heterocycles. The lowest BCUT2D eigenvalue weighted by Gasteiger charge is -2.07. The fraction of sp³-hybridized carbons (Fsp3) is 0.200. The average molecular weight is 342 g/mol. The van der Waals surface area contributed by atoms with Crippen molar-refractivity contribution in [1.29, 1.82) is 0 Å². The summed E-state index contributed by atoms with van der Waals surface area (Å²) in [4.78, 5) is 4.16. The van der Waals surface area contributed by atoms with Crippen LogP contribution in [0.1, 0.15) is 5.56 Å². The van der Waals surface area contributed by atoms with Crippen molar-refractivity contribution in [3.8, 4) is 5.19 Å². The van der Waals surface area contributed by atoms with E-state index in [0.29, 0.717) is 31.0 Å². The van der Waals surface area contributed by atoms with Crippen LogP contribution >= 0.6 is 58.1 Å². The van der Waals surface area contributed by atoms with E-state index in [9.17, 15) is 0 Å². The number of aromatic nitrogens is 2. The monoisotopic (exact) mass is 340 g/mol. The van der Waals surface area contributed by atoms with Crippen molar-refractivity contribution in [2.24, 2.45) is 0 Å². The summed E-state index contributed by atoms with van der Waals surface area (Å²) in [5.41, 5.74) is 0.684. The summed E-state index contributed by atoms with van der Waals surface area (Å²) in [6.45, 7) is 0.234. The van der Waals surface area contributed by atoms with Crippen LogP contribution in [0.3, 0.4) is 0 Å². The number of thioether (sulfide) groups is 1. The van der Waals surface area contributed by atoms with Gasteiger partial charge < -0.3 is 4.74 Å². The van der Waals surface area contributed by atoms with Crippen molar-refractivity contribution < 1.29 is 4.74 Å². The zero-order valence-electron chi connectivity index (χ0n) is 9.11. The highest BCUT2D eigenvalue weighted by Gasteiger charge is 2.10. The highest BCUT2D eigenvalue weighted by atomic mass is 35.5. The molecular weight excluding hydrogens is 335 g/mol. The fourth-order valence-electron chi connectivity index (χ4n) is 1.18. The maximum Gasteiger partial charge on any atom is 0.294 e. The van der Waals surface area contributed by atoms with Gasteiger partial charge in [-0.15, -0.1) is 0 Å². The molecule has 0 N–H and O–H groups in total. The molecule has 0 saturated carbocycles. The second-order valence-electron chi connectivity index (χ2n) is 3.18. The summed E-state index contributed by atoms with van der Waals surface area (Å²) in [6.07, 6.45) is 1.90. The van der Waals surface area contributed by atoms with Gasteiger partial charge >= 0.3 is 0 Å². The predicted octanol–water partition coefficient (Wildman–Crippen LogP) is 4.80. The number of hydrogen-bond acceptors (Lipinski definition) is 5. The largest absolute Gasteiger partial charge is 0.464 e. The van der Waals surface area contributed by atoms with Crippen LogP contribution in [-0.2, 0) is 6.61 Å². The zero-order valence-corrected chi connectivity index (χ0v) is 13.0. The van der Waals surface area contributed by atoms with Crippen molar-refractivity contribution in [1.82, 2.24) is 9.36 Å². The third-order valence-electron chi connectivity index (χ3n) is 2.02. The molecule has 0 fully saturated rings. The van der Waals surface area contributed by atoms with Crippen LogP contribution < -0.4 is 4.74 Å². The molecule has 1 aromatic heterocycles. The summed E-state index contributed by atoms with van der Waals surface area (Å²) < 4.78 is 9.58. The molecule has 0 unspecified atom stereocenters. The van der Waals surface area contributed by atoms with Gasteiger partial charge in [-0.2, -0.15) is 9.36 Å². The lowest BCUT2D eigenvalue weighted by molar-refractivity contribution is 0.303. The minimum atomic E-state index is 0.234. The van der Waals surface area contributed by atoms with Gasteiger partial charge in [0, 0.05) is 22.1 Å². The highest BCUT2D eigenvalue weighted by molar-refractivity contribution is 7.98. The molecule has 1 aromatic carbocycles. The summed E-state index contributed by atoms with van der Waals surface area (Å²) in [6, 6.07) is 3.25. The van der Waals surface area contributed by atoms with Crippen LogP contribution in [-0.4, -0.2) is 15.6 Å². The van der Waals surface area contributed by atoms with Gasteiger partial charge in [-0.25, -0.2) is 0 Å². The normalized spacial score (nSPS) is 10.7. The maximum atomic E-state index is 6.05. The van der Waals surface area contributed by atoms with Crippen LogP contribution in [0.25, 0.3) is 0 Å². The van der Waals surface area contributed by atoms with E-state index in [4.69, 9.17) is 39.5 Å². The van der Waals surface area contributed by atoms with Gasteiger partial charge in [-0.1, -0.05) is 46.6 Å². The summed E-state index contributed by atoms with van der Waals surface area (Å²) in [5, 5.41) is 2.61. The van der Waals surface area contributed by atoms with Gasteiger partial charge in [0.15, 0.2) is 0 Å². The Hall–Kier alpha value is -0.200. The van der Waals surface area contributed by atoms with Gasteiger partial charge in [-0.05, 0) is 18.4 Å². The van der Waals surface area contributed by atoms with E-state index in [1.54, 1.807) is 12.1 Å². The van der Waals surface area contributed by atoms with Crippen molar-refractivity contribution in [2.75, 3.05) is 6.26 Å². The number of ether oxygens (including phenoxy) is 1. The maximum absolute atomic E-state index is 6.05. The van der Waals surface area contributed by atoms with Crippen molar-refractivity contribution >= 4 is 58.1 Å². The molecule has 2 aromatic rings. The van der Waals surface area contributed by atoms with Crippen molar-refractivity contribution in [3.05, 3.63) is 32.8 Å². The molecule has 8 heteroatoms. The Morgan fingerprint density at radius 3 is 2.50 bits per heavy atom. The van der Waals surface area contributed by atoms with E-state index in [1.807, 2.05) is 6.26 Å². The van der Waals surface area contributed by atoms with Crippen LogP contribution in [0.5, 0.6) is 5.19 Å². The molecule has 3 nitrogen and oxygen atoms in total. The van der Waals surface area contributed by atoms with Crippen LogP contribution in [0, 0.1) is 0 Å². The number of hydrogen-bond donors (Lipinski definition) is 0. The number of benzene rings is 1. The molecule has 0 aliphatic rings. The van der Waals surface area contributed by atoms with Crippen LogP contribution in [0.2, 0.25) is 15.1 Å². The first-order chi connectivity index (χ1) is 8.60. The molecule has 0 bridgehead atoms. The molecule has 1 heterocycles. The lowest BCUT2D eigenvalue weighted by atomic mass is 10.2. The Morgan fingerprint density at radius 2 is 1.94 bits per heavy atom. The summed E-state index contributed by atoms with van der Waals surface area (Å²) in [5.74, 6) is 0. The first-order valence-electron chi connectivity index (χ1n) is 4.74. The molecule has 96 valence electrons. The van der Waals surface area contributed by atoms with E-state index in [-0.39, 0.29) is 6.61 Å². The third kappa shape index (κ3) is 3.42. The Labute approximate surface area is 128 Å². The topological polar surface area (TPSA) is 35.0 Å². The second kappa shape index (κ2) is 6.30. The van der Waals surface area contributed by atoms with Crippen LogP contribution in [0.4, 0.5) is 0 Å². The Balaban J connectivity index is 2.10. The first-order valence-corrected chi connectivity index (χ1v) is 7.87. The van der Waals surface area contributed by atoms with Gasteiger partial charge in [0.1, 0.15) is 6.61 Å². The van der Waals surface area contributed by atoms with Crippen molar-refractivity contribution in [2.45, 2.75) is 11.8 Å². The highest BCUT2D eigenvalue weighted by Crippen LogP contribution is 2.30. The molecular formula is C10H7Cl3N2OS2. The van der Waals surface area contributed by atoms with E-state index in [1.165, 1.54) is 23.3 Å². The third-order valence-corrected chi connectivity index (χ3v) is 4.20. The predicted molar refractivity (Wildman–Crippen MR) is 77.5 cm³/mol. The van der Waals surface area contributed by atoms with Crippen molar-refractivity contribution in [3.63, 3.8) is 0 Å². The summed E-state index contributed by atoms with van der Waals surface area (Å²) in [7, 11) is 0. The second-order valence-corrected chi connectivity index (χ2v) is 5.92. The standard InChI is InChI=1S/C10H7Cl3N2OS2/c1-17-9-14-10(18-15-9)16-4-6-7(12)2-5(11)3-8(6)13/h2-3H,4H2,1H3. The van der Waals surface area contributed by atoms with Gasteiger partial charge in [-0.3, -0.25) is 0 Å². The van der Waals surface area contributed by atoms with E-state index in [0.717, 1.165) is 0 Å². The molecule has 2 rings (SSSR count). The molecule has 0 saturated heterocycles. The smallest absolute Gasteiger partial charge is 0.294 e. The molecule has 0 spiro atoms. The minimum absolute atomic E-state index is 0.234. The molecule has 0 atom stereocenters. The first kappa shape index (κ1) is 14.2. The number of rotatable bonds is 4. The Kier molecular flexibility index (Phi) is 4.98. The average Bonchev–Trinajstić information content (AvgIpc) is 2.75. The van der Waals surface area contributed by atoms with E-state index >= 15 is 0 Å². The quantitative estimate of drug-likeness (QED) is 0.748. The Bertz CT molecular complexity index is 539. The molecule has 0 aliphatic carbocycles. The van der Waals surface area contributed by atoms with Gasteiger partial charge in [0.2, 0.25) is 5.16 Å². The zero-order chi connectivity index (χ0) is 13.1. The number of halogens is 3. The van der Waals surface area contributed by atoms with Gasteiger partial charge in [0.25, 0.3) is 5.19 Å². The van der Waals surface area contributed by atoms with E-state index < -0.39 is 0 Å². The fourth-order valence-corrected chi connectivity index (χ4v) is 3.19. The summed E-state index contributed by atoms with van der Waals surface area (Å²) >= 11 is 20.6.